The Kier molecular flexibility index (Phi) is 4.92. The van der Waals surface area contributed by atoms with E-state index in [0.29, 0.717) is 13.1 Å². The highest BCUT2D eigenvalue weighted by Gasteiger charge is 2.17. The molecule has 0 fully saturated rings. The maximum absolute atomic E-state index is 12.0. The minimum atomic E-state index is -0.137. The standard InChI is InChI=1S/C12H19N3O/c1-4-15(12(16)10(2)13-3)9-11-5-7-14-8-6-11/h5-8,10,13H,4,9H2,1-3H3. The summed E-state index contributed by atoms with van der Waals surface area (Å²) in [7, 11) is 1.79. The summed E-state index contributed by atoms with van der Waals surface area (Å²) in [6.07, 6.45) is 3.49. The van der Waals surface area contributed by atoms with Gasteiger partial charge in [0.05, 0.1) is 6.04 Å². The fraction of sp³-hybridized carbons (Fsp3) is 0.500. The van der Waals surface area contributed by atoms with Crippen molar-refractivity contribution in [3.05, 3.63) is 30.1 Å². The van der Waals surface area contributed by atoms with E-state index in [-0.39, 0.29) is 11.9 Å². The van der Waals surface area contributed by atoms with Crippen molar-refractivity contribution in [2.45, 2.75) is 26.4 Å². The van der Waals surface area contributed by atoms with Gasteiger partial charge < -0.3 is 10.2 Å². The molecule has 0 aromatic carbocycles. The van der Waals surface area contributed by atoms with E-state index in [1.807, 2.05) is 30.9 Å². The van der Waals surface area contributed by atoms with Gasteiger partial charge >= 0.3 is 0 Å². The normalized spacial score (nSPS) is 12.2. The summed E-state index contributed by atoms with van der Waals surface area (Å²) in [6.45, 7) is 5.22. The zero-order valence-corrected chi connectivity index (χ0v) is 10.1. The van der Waals surface area contributed by atoms with Gasteiger partial charge in [0, 0.05) is 25.5 Å². The summed E-state index contributed by atoms with van der Waals surface area (Å²) in [6, 6.07) is 3.72. The Morgan fingerprint density at radius 3 is 2.62 bits per heavy atom. The Bertz CT molecular complexity index is 326. The zero-order valence-electron chi connectivity index (χ0n) is 10.1. The van der Waals surface area contributed by atoms with Crippen molar-refractivity contribution in [1.29, 1.82) is 0 Å². The van der Waals surface area contributed by atoms with Crippen LogP contribution in [0, 0.1) is 0 Å². The van der Waals surface area contributed by atoms with E-state index in [2.05, 4.69) is 10.3 Å². The number of hydrogen-bond acceptors (Lipinski definition) is 3. The molecule has 4 heteroatoms. The van der Waals surface area contributed by atoms with Crippen LogP contribution in [0.4, 0.5) is 0 Å². The highest BCUT2D eigenvalue weighted by Crippen LogP contribution is 2.04. The first-order valence-corrected chi connectivity index (χ1v) is 5.54. The molecule has 0 aliphatic carbocycles. The van der Waals surface area contributed by atoms with Crippen LogP contribution in [0.2, 0.25) is 0 Å². The van der Waals surface area contributed by atoms with Crippen molar-refractivity contribution in [2.24, 2.45) is 0 Å². The fourth-order valence-electron chi connectivity index (χ4n) is 1.45. The topological polar surface area (TPSA) is 45.2 Å². The number of carbonyl (C=O) groups excluding carboxylic acids is 1. The van der Waals surface area contributed by atoms with E-state index in [1.54, 1.807) is 19.4 Å². The monoisotopic (exact) mass is 221 g/mol. The fourth-order valence-corrected chi connectivity index (χ4v) is 1.45. The maximum Gasteiger partial charge on any atom is 0.239 e. The summed E-state index contributed by atoms with van der Waals surface area (Å²) in [5.41, 5.74) is 1.11. The number of rotatable bonds is 5. The summed E-state index contributed by atoms with van der Waals surface area (Å²) in [5.74, 6) is 0.127. The van der Waals surface area contributed by atoms with Gasteiger partial charge in [-0.1, -0.05) is 0 Å². The molecule has 1 aromatic rings. The van der Waals surface area contributed by atoms with Crippen LogP contribution in [-0.4, -0.2) is 35.4 Å². The highest BCUT2D eigenvalue weighted by atomic mass is 16.2. The second kappa shape index (κ2) is 6.23. The molecule has 0 saturated heterocycles. The van der Waals surface area contributed by atoms with Crippen LogP contribution >= 0.6 is 0 Å². The molecule has 1 atom stereocenters. The van der Waals surface area contributed by atoms with Gasteiger partial charge in [0.2, 0.25) is 5.91 Å². The number of likely N-dealkylation sites (N-methyl/N-ethyl adjacent to an activating group) is 2. The SMILES string of the molecule is CCN(Cc1ccncc1)C(=O)C(C)NC. The molecule has 0 radical (unpaired) electrons. The number of aromatic nitrogens is 1. The van der Waals surface area contributed by atoms with Crippen molar-refractivity contribution in [2.75, 3.05) is 13.6 Å². The Hall–Kier alpha value is -1.42. The van der Waals surface area contributed by atoms with Crippen molar-refractivity contribution >= 4 is 5.91 Å². The largest absolute Gasteiger partial charge is 0.337 e. The lowest BCUT2D eigenvalue weighted by molar-refractivity contribution is -0.133. The average molecular weight is 221 g/mol. The van der Waals surface area contributed by atoms with Gasteiger partial charge in [0.15, 0.2) is 0 Å². The van der Waals surface area contributed by atoms with Gasteiger partial charge in [0.1, 0.15) is 0 Å². The first-order chi connectivity index (χ1) is 7.69. The molecule has 0 saturated carbocycles. The van der Waals surface area contributed by atoms with Crippen LogP contribution in [0.1, 0.15) is 19.4 Å². The van der Waals surface area contributed by atoms with E-state index in [4.69, 9.17) is 0 Å². The van der Waals surface area contributed by atoms with Crippen LogP contribution in [0.5, 0.6) is 0 Å². The molecular formula is C12H19N3O. The first-order valence-electron chi connectivity index (χ1n) is 5.54. The van der Waals surface area contributed by atoms with Crippen molar-refractivity contribution < 1.29 is 4.79 Å². The van der Waals surface area contributed by atoms with Gasteiger partial charge in [-0.3, -0.25) is 9.78 Å². The van der Waals surface area contributed by atoms with Crippen LogP contribution in [0.25, 0.3) is 0 Å². The van der Waals surface area contributed by atoms with E-state index in [0.717, 1.165) is 5.56 Å². The van der Waals surface area contributed by atoms with Crippen LogP contribution < -0.4 is 5.32 Å². The lowest BCUT2D eigenvalue weighted by atomic mass is 10.2. The van der Waals surface area contributed by atoms with Crippen molar-refractivity contribution in [1.82, 2.24) is 15.2 Å². The van der Waals surface area contributed by atoms with Crippen LogP contribution in [0.15, 0.2) is 24.5 Å². The second-order valence-electron chi connectivity index (χ2n) is 3.72. The van der Waals surface area contributed by atoms with Gasteiger partial charge in [0.25, 0.3) is 0 Å². The minimum absolute atomic E-state index is 0.127. The molecule has 1 N–H and O–H groups in total. The van der Waals surface area contributed by atoms with E-state index in [1.165, 1.54) is 0 Å². The number of nitrogens with one attached hydrogen (secondary N) is 1. The first kappa shape index (κ1) is 12.6. The Labute approximate surface area is 96.7 Å². The molecule has 1 rings (SSSR count). The molecule has 1 amide bonds. The number of nitrogens with zero attached hydrogens (tertiary/aromatic N) is 2. The average Bonchev–Trinajstić information content (AvgIpc) is 2.35. The third-order valence-electron chi connectivity index (χ3n) is 2.62. The third-order valence-corrected chi connectivity index (χ3v) is 2.62. The molecule has 16 heavy (non-hydrogen) atoms. The Morgan fingerprint density at radius 2 is 2.12 bits per heavy atom. The molecule has 1 unspecified atom stereocenters. The van der Waals surface area contributed by atoms with Gasteiger partial charge in [-0.05, 0) is 38.6 Å². The van der Waals surface area contributed by atoms with E-state index < -0.39 is 0 Å². The third kappa shape index (κ3) is 3.31. The molecule has 1 heterocycles. The highest BCUT2D eigenvalue weighted by molar-refractivity contribution is 5.81. The molecule has 0 aliphatic rings. The lowest BCUT2D eigenvalue weighted by Crippen LogP contribution is -2.43. The summed E-state index contributed by atoms with van der Waals surface area (Å²) >= 11 is 0. The zero-order chi connectivity index (χ0) is 12.0. The predicted octanol–water partition coefficient (Wildman–Crippen LogP) is 1.04. The maximum atomic E-state index is 12.0. The van der Waals surface area contributed by atoms with Crippen LogP contribution in [0.3, 0.4) is 0 Å². The summed E-state index contributed by atoms with van der Waals surface area (Å²) < 4.78 is 0. The molecule has 4 nitrogen and oxygen atoms in total. The molecule has 0 spiro atoms. The van der Waals surface area contributed by atoms with Crippen LogP contribution in [-0.2, 0) is 11.3 Å². The number of hydrogen-bond donors (Lipinski definition) is 1. The van der Waals surface area contributed by atoms with Gasteiger partial charge in [-0.2, -0.15) is 0 Å². The quantitative estimate of drug-likeness (QED) is 0.808. The molecule has 1 aromatic heterocycles. The van der Waals surface area contributed by atoms with E-state index in [9.17, 15) is 4.79 Å². The molecule has 0 bridgehead atoms. The predicted molar refractivity (Wildman–Crippen MR) is 63.8 cm³/mol. The Morgan fingerprint density at radius 1 is 1.50 bits per heavy atom. The van der Waals surface area contributed by atoms with E-state index >= 15 is 0 Å². The number of pyridine rings is 1. The molecular weight excluding hydrogens is 202 g/mol. The second-order valence-corrected chi connectivity index (χ2v) is 3.72. The molecule has 88 valence electrons. The molecule has 0 aliphatic heterocycles. The summed E-state index contributed by atoms with van der Waals surface area (Å²) in [5, 5.41) is 2.96. The van der Waals surface area contributed by atoms with Crippen molar-refractivity contribution in [3.8, 4) is 0 Å². The number of amides is 1. The smallest absolute Gasteiger partial charge is 0.239 e. The lowest BCUT2D eigenvalue weighted by Gasteiger charge is -2.24. The van der Waals surface area contributed by atoms with Crippen molar-refractivity contribution in [3.63, 3.8) is 0 Å². The number of carbonyl (C=O) groups is 1. The summed E-state index contributed by atoms with van der Waals surface area (Å²) in [4.78, 5) is 17.7. The van der Waals surface area contributed by atoms with Gasteiger partial charge in [-0.25, -0.2) is 0 Å². The van der Waals surface area contributed by atoms with Gasteiger partial charge in [-0.15, -0.1) is 0 Å². The minimum Gasteiger partial charge on any atom is -0.337 e. The Balaban J connectivity index is 2.66.